The molecule has 142 valence electrons. The summed E-state index contributed by atoms with van der Waals surface area (Å²) in [5.74, 6) is 1.37. The van der Waals surface area contributed by atoms with Gasteiger partial charge in [-0.25, -0.2) is 18.1 Å². The maximum Gasteiger partial charge on any atom is 0.211 e. The highest BCUT2D eigenvalue weighted by Crippen LogP contribution is 2.23. The van der Waals surface area contributed by atoms with Gasteiger partial charge in [-0.3, -0.25) is 0 Å². The molecule has 1 saturated heterocycles. The van der Waals surface area contributed by atoms with E-state index in [0.717, 1.165) is 24.1 Å². The average molecular weight is 380 g/mol. The second-order valence-corrected chi connectivity index (χ2v) is 8.31. The van der Waals surface area contributed by atoms with E-state index in [0.29, 0.717) is 24.9 Å². The molecule has 0 saturated carbocycles. The molecule has 0 aliphatic carbocycles. The van der Waals surface area contributed by atoms with E-state index in [2.05, 4.69) is 9.71 Å². The predicted molar refractivity (Wildman–Crippen MR) is 97.5 cm³/mol. The molecule has 1 aliphatic heterocycles. The Kier molecular flexibility index (Phi) is 5.95. The number of aromatic nitrogens is 1. The van der Waals surface area contributed by atoms with Crippen molar-refractivity contribution in [3.05, 3.63) is 36.4 Å². The van der Waals surface area contributed by atoms with Crippen LogP contribution in [-0.2, 0) is 14.8 Å². The molecule has 1 aromatic carbocycles. The molecule has 2 heterocycles. The molecule has 1 aromatic heterocycles. The molecular weight excluding hydrogens is 356 g/mol. The predicted octanol–water partition coefficient (Wildman–Crippen LogP) is 2.52. The second kappa shape index (κ2) is 8.20. The molecule has 8 heteroatoms. The smallest absolute Gasteiger partial charge is 0.211 e. The fourth-order valence-corrected chi connectivity index (χ4v) is 3.75. The van der Waals surface area contributed by atoms with Gasteiger partial charge >= 0.3 is 0 Å². The fraction of sp³-hybridized carbons (Fsp3) is 0.500. The summed E-state index contributed by atoms with van der Waals surface area (Å²) in [5.41, 5.74) is 1.72. The van der Waals surface area contributed by atoms with Gasteiger partial charge in [0.2, 0.25) is 10.0 Å². The van der Waals surface area contributed by atoms with E-state index in [1.54, 1.807) is 20.1 Å². The Morgan fingerprint density at radius 1 is 1.31 bits per heavy atom. The van der Waals surface area contributed by atoms with Crippen molar-refractivity contribution in [1.29, 1.82) is 0 Å². The van der Waals surface area contributed by atoms with Crippen molar-refractivity contribution < 1.29 is 22.3 Å². The summed E-state index contributed by atoms with van der Waals surface area (Å²) in [5, 5.41) is 0. The summed E-state index contributed by atoms with van der Waals surface area (Å²) in [7, 11) is -3.27. The van der Waals surface area contributed by atoms with E-state index in [1.807, 2.05) is 24.3 Å². The third-order valence-corrected chi connectivity index (χ3v) is 5.76. The minimum Gasteiger partial charge on any atom is -0.491 e. The first kappa shape index (κ1) is 18.9. The lowest BCUT2D eigenvalue weighted by Gasteiger charge is -2.31. The van der Waals surface area contributed by atoms with E-state index >= 15 is 0 Å². The van der Waals surface area contributed by atoms with Gasteiger partial charge in [0.05, 0.1) is 11.8 Å². The number of ether oxygens (including phenoxy) is 2. The van der Waals surface area contributed by atoms with E-state index in [9.17, 15) is 8.42 Å². The maximum absolute atomic E-state index is 11.8. The van der Waals surface area contributed by atoms with Crippen molar-refractivity contribution in [3.8, 4) is 17.0 Å². The van der Waals surface area contributed by atoms with Crippen LogP contribution in [0.25, 0.3) is 11.3 Å². The topological polar surface area (TPSA) is 90.7 Å². The van der Waals surface area contributed by atoms with Gasteiger partial charge in [0.1, 0.15) is 30.4 Å². The maximum atomic E-state index is 11.8. The molecule has 2 aromatic rings. The zero-order chi connectivity index (χ0) is 18.6. The van der Waals surface area contributed by atoms with Crippen LogP contribution in [0.1, 0.15) is 25.7 Å². The molecule has 0 amide bonds. The molecule has 2 unspecified atom stereocenters. The Bertz CT molecular complexity index is 816. The SMILES string of the molecule is CCS(=O)(=O)NC1CCCOC1COc1ccc(-c2coc(C)n2)cc1. The van der Waals surface area contributed by atoms with Gasteiger partial charge in [-0.1, -0.05) is 0 Å². The number of hydrogen-bond acceptors (Lipinski definition) is 6. The van der Waals surface area contributed by atoms with Crippen molar-refractivity contribution in [2.45, 2.75) is 38.8 Å². The molecule has 3 rings (SSSR count). The van der Waals surface area contributed by atoms with E-state index in [-0.39, 0.29) is 17.9 Å². The third kappa shape index (κ3) is 4.84. The molecule has 26 heavy (non-hydrogen) atoms. The van der Waals surface area contributed by atoms with Gasteiger partial charge in [0.25, 0.3) is 0 Å². The molecule has 7 nitrogen and oxygen atoms in total. The van der Waals surface area contributed by atoms with Crippen LogP contribution in [-0.4, -0.2) is 44.5 Å². The number of sulfonamides is 1. The number of nitrogens with zero attached hydrogens (tertiary/aromatic N) is 1. The summed E-state index contributed by atoms with van der Waals surface area (Å²) in [6.45, 7) is 4.33. The molecule has 2 atom stereocenters. The molecule has 0 radical (unpaired) electrons. The van der Waals surface area contributed by atoms with Gasteiger partial charge in [-0.05, 0) is 44.0 Å². The summed E-state index contributed by atoms with van der Waals surface area (Å²) in [6.07, 6.45) is 2.89. The molecule has 0 spiro atoms. The zero-order valence-electron chi connectivity index (χ0n) is 15.0. The monoisotopic (exact) mass is 380 g/mol. The third-order valence-electron chi connectivity index (χ3n) is 4.33. The highest BCUT2D eigenvalue weighted by molar-refractivity contribution is 7.89. The molecule has 0 bridgehead atoms. The summed E-state index contributed by atoms with van der Waals surface area (Å²) >= 11 is 0. The van der Waals surface area contributed by atoms with Gasteiger partial charge in [0.15, 0.2) is 5.89 Å². The highest BCUT2D eigenvalue weighted by Gasteiger charge is 2.29. The lowest BCUT2D eigenvalue weighted by atomic mass is 10.0. The van der Waals surface area contributed by atoms with Crippen LogP contribution in [0.15, 0.2) is 34.9 Å². The number of oxazole rings is 1. The number of nitrogens with one attached hydrogen (secondary N) is 1. The van der Waals surface area contributed by atoms with Gasteiger partial charge in [-0.15, -0.1) is 0 Å². The van der Waals surface area contributed by atoms with Gasteiger partial charge < -0.3 is 13.9 Å². The van der Waals surface area contributed by atoms with Crippen molar-refractivity contribution in [1.82, 2.24) is 9.71 Å². The van der Waals surface area contributed by atoms with Gasteiger partial charge in [-0.2, -0.15) is 0 Å². The molecule has 1 aliphatic rings. The summed E-state index contributed by atoms with van der Waals surface area (Å²) in [6, 6.07) is 7.27. The first-order valence-electron chi connectivity index (χ1n) is 8.74. The van der Waals surface area contributed by atoms with E-state index in [4.69, 9.17) is 13.9 Å². The lowest BCUT2D eigenvalue weighted by molar-refractivity contribution is -0.0279. The van der Waals surface area contributed by atoms with Crippen LogP contribution in [0.2, 0.25) is 0 Å². The zero-order valence-corrected chi connectivity index (χ0v) is 15.8. The largest absolute Gasteiger partial charge is 0.491 e. The fourth-order valence-electron chi connectivity index (χ4n) is 2.85. The summed E-state index contributed by atoms with van der Waals surface area (Å²) in [4.78, 5) is 4.29. The molecule has 1 N–H and O–H groups in total. The van der Waals surface area contributed by atoms with Gasteiger partial charge in [0, 0.05) is 19.1 Å². The van der Waals surface area contributed by atoms with Crippen molar-refractivity contribution in [3.63, 3.8) is 0 Å². The first-order chi connectivity index (χ1) is 12.5. The van der Waals surface area contributed by atoms with Crippen molar-refractivity contribution in [2.24, 2.45) is 0 Å². The second-order valence-electron chi connectivity index (χ2n) is 6.27. The summed E-state index contributed by atoms with van der Waals surface area (Å²) < 4.78 is 43.2. The number of benzene rings is 1. The minimum absolute atomic E-state index is 0.0556. The minimum atomic E-state index is -3.27. The van der Waals surface area contributed by atoms with Crippen LogP contribution in [0.4, 0.5) is 0 Å². The Hall–Kier alpha value is -1.90. The van der Waals surface area contributed by atoms with Crippen molar-refractivity contribution in [2.75, 3.05) is 19.0 Å². The van der Waals surface area contributed by atoms with Crippen LogP contribution in [0, 0.1) is 6.92 Å². The van der Waals surface area contributed by atoms with Crippen molar-refractivity contribution >= 4 is 10.0 Å². The number of hydrogen-bond donors (Lipinski definition) is 1. The van der Waals surface area contributed by atoms with Crippen LogP contribution in [0.5, 0.6) is 5.75 Å². The first-order valence-corrected chi connectivity index (χ1v) is 10.4. The standard InChI is InChI=1S/C18H24N2O5S/c1-3-26(21,22)20-16-5-4-10-23-18(16)12-25-15-8-6-14(7-9-15)17-11-24-13(2)19-17/h6-9,11,16,18,20H,3-5,10,12H2,1-2H3. The van der Waals surface area contributed by atoms with Crippen LogP contribution >= 0.6 is 0 Å². The molecule has 1 fully saturated rings. The van der Waals surface area contributed by atoms with Crippen LogP contribution < -0.4 is 9.46 Å². The number of rotatable bonds is 7. The molecular formula is C18H24N2O5S. The average Bonchev–Trinajstić information content (AvgIpc) is 3.07. The normalized spacial score (nSPS) is 20.8. The highest BCUT2D eigenvalue weighted by atomic mass is 32.2. The lowest BCUT2D eigenvalue weighted by Crippen LogP contribution is -2.49. The Labute approximate surface area is 153 Å². The quantitative estimate of drug-likeness (QED) is 0.794. The Morgan fingerprint density at radius 3 is 2.73 bits per heavy atom. The van der Waals surface area contributed by atoms with Crippen LogP contribution in [0.3, 0.4) is 0 Å². The number of aryl methyl sites for hydroxylation is 1. The van der Waals surface area contributed by atoms with E-state index < -0.39 is 10.0 Å². The Balaban J connectivity index is 1.60. The van der Waals surface area contributed by atoms with E-state index in [1.165, 1.54) is 0 Å². The Morgan fingerprint density at radius 2 is 2.08 bits per heavy atom.